The van der Waals surface area contributed by atoms with Crippen molar-refractivity contribution in [3.8, 4) is 0 Å². The number of hydrogen-bond donors (Lipinski definition) is 1. The van der Waals surface area contributed by atoms with Gasteiger partial charge in [-0.05, 0) is 29.8 Å². The van der Waals surface area contributed by atoms with E-state index < -0.39 is 42.4 Å². The molecule has 0 spiro atoms. The maximum Gasteiger partial charge on any atom is 0.417 e. The van der Waals surface area contributed by atoms with Gasteiger partial charge in [0, 0.05) is 11.8 Å². The summed E-state index contributed by atoms with van der Waals surface area (Å²) in [4.78, 5) is 11.1. The average molecular weight is 421 g/mol. The lowest BCUT2D eigenvalue weighted by Crippen LogP contribution is -2.32. The second-order valence-corrected chi connectivity index (χ2v) is 9.49. The van der Waals surface area contributed by atoms with Gasteiger partial charge >= 0.3 is 6.18 Å². The monoisotopic (exact) mass is 421 g/mol. The molecule has 0 saturated heterocycles. The Balaban J connectivity index is 2.35. The second kappa shape index (κ2) is 7.31. The van der Waals surface area contributed by atoms with Gasteiger partial charge in [-0.3, -0.25) is 4.79 Å². The highest BCUT2D eigenvalue weighted by molar-refractivity contribution is 7.90. The van der Waals surface area contributed by atoms with Gasteiger partial charge in [-0.25, -0.2) is 21.6 Å². The van der Waals surface area contributed by atoms with E-state index in [1.807, 2.05) is 0 Å². The third kappa shape index (κ3) is 5.54. The molecule has 0 atom stereocenters. The predicted octanol–water partition coefficient (Wildman–Crippen LogP) is 2.37. The Bertz CT molecular complexity index is 1080. The normalized spacial score (nSPS) is 12.6. The first-order valence-electron chi connectivity index (χ1n) is 7.30. The number of carbonyl (C=O) groups excluding carboxylic acids is 1. The molecule has 0 unspecified atom stereocenters. The number of nitrogens with one attached hydrogen (secondary N) is 1. The van der Waals surface area contributed by atoms with Crippen LogP contribution in [0.3, 0.4) is 0 Å². The summed E-state index contributed by atoms with van der Waals surface area (Å²) in [5, 5.41) is 0. The Kier molecular flexibility index (Phi) is 5.66. The van der Waals surface area contributed by atoms with Crippen LogP contribution in [0.25, 0.3) is 0 Å². The molecule has 11 heteroatoms. The van der Waals surface area contributed by atoms with Gasteiger partial charge in [-0.15, -0.1) is 0 Å². The molecule has 0 bridgehead atoms. The maximum atomic E-state index is 13.0. The highest BCUT2D eigenvalue weighted by Crippen LogP contribution is 2.33. The van der Waals surface area contributed by atoms with Gasteiger partial charge in [0.25, 0.3) is 15.9 Å². The molecule has 0 saturated carbocycles. The highest BCUT2D eigenvalue weighted by atomic mass is 32.2. The molecule has 0 fully saturated rings. The van der Waals surface area contributed by atoms with Crippen molar-refractivity contribution in [1.29, 1.82) is 0 Å². The van der Waals surface area contributed by atoms with Crippen LogP contribution in [0.5, 0.6) is 0 Å². The molecule has 0 aliphatic carbocycles. The van der Waals surface area contributed by atoms with Crippen molar-refractivity contribution in [2.24, 2.45) is 0 Å². The van der Waals surface area contributed by atoms with Crippen molar-refractivity contribution in [3.05, 3.63) is 65.2 Å². The molecule has 0 aromatic heterocycles. The molecule has 2 rings (SSSR count). The SMILES string of the molecule is CS(=O)(=O)Cc1cccc(C(=O)NS(=O)(=O)c2ccccc2C(F)(F)F)c1. The van der Waals surface area contributed by atoms with Crippen LogP contribution in [-0.4, -0.2) is 29.0 Å². The summed E-state index contributed by atoms with van der Waals surface area (Å²) in [6.07, 6.45) is -3.94. The Morgan fingerprint density at radius 2 is 1.63 bits per heavy atom. The zero-order valence-corrected chi connectivity index (χ0v) is 15.5. The van der Waals surface area contributed by atoms with Gasteiger partial charge in [0.05, 0.1) is 16.2 Å². The molecule has 0 aliphatic heterocycles. The summed E-state index contributed by atoms with van der Waals surface area (Å²) in [5.41, 5.74) is -1.38. The van der Waals surface area contributed by atoms with Crippen LogP contribution in [0.15, 0.2) is 53.4 Å². The van der Waals surface area contributed by atoms with Gasteiger partial charge < -0.3 is 0 Å². The fourth-order valence-corrected chi connectivity index (χ4v) is 4.26. The van der Waals surface area contributed by atoms with Crippen molar-refractivity contribution in [1.82, 2.24) is 4.72 Å². The van der Waals surface area contributed by atoms with Crippen molar-refractivity contribution in [2.75, 3.05) is 6.26 Å². The maximum absolute atomic E-state index is 13.0. The summed E-state index contributed by atoms with van der Waals surface area (Å²) in [7, 11) is -8.20. The number of sulfonamides is 1. The average Bonchev–Trinajstić information content (AvgIpc) is 2.52. The van der Waals surface area contributed by atoms with Crippen LogP contribution < -0.4 is 4.72 Å². The van der Waals surface area contributed by atoms with E-state index in [4.69, 9.17) is 0 Å². The highest BCUT2D eigenvalue weighted by Gasteiger charge is 2.37. The largest absolute Gasteiger partial charge is 0.417 e. The molecule has 2 aromatic rings. The number of carbonyl (C=O) groups is 1. The molecule has 1 N–H and O–H groups in total. The van der Waals surface area contributed by atoms with E-state index in [-0.39, 0.29) is 16.9 Å². The third-order valence-electron chi connectivity index (χ3n) is 3.33. The smallest absolute Gasteiger partial charge is 0.268 e. The number of hydrogen-bond acceptors (Lipinski definition) is 5. The van der Waals surface area contributed by atoms with Crippen molar-refractivity contribution < 1.29 is 34.8 Å². The standard InChI is InChI=1S/C16H14F3NO5S2/c1-26(22,23)10-11-5-4-6-12(9-11)15(21)20-27(24,25)14-8-3-2-7-13(14)16(17,18)19/h2-9H,10H2,1H3,(H,20,21). The molecule has 27 heavy (non-hydrogen) atoms. The molecule has 1 amide bonds. The van der Waals surface area contributed by atoms with E-state index in [0.717, 1.165) is 30.5 Å². The molecule has 0 heterocycles. The lowest BCUT2D eigenvalue weighted by atomic mass is 10.1. The molecule has 0 aliphatic rings. The molecule has 6 nitrogen and oxygen atoms in total. The summed E-state index contributed by atoms with van der Waals surface area (Å²) < 4.78 is 87.8. The summed E-state index contributed by atoms with van der Waals surface area (Å²) >= 11 is 0. The number of halogens is 3. The molecule has 0 radical (unpaired) electrons. The van der Waals surface area contributed by atoms with E-state index in [1.54, 1.807) is 4.72 Å². The fraction of sp³-hybridized carbons (Fsp3) is 0.188. The van der Waals surface area contributed by atoms with Gasteiger partial charge in [0.15, 0.2) is 9.84 Å². The number of alkyl halides is 3. The van der Waals surface area contributed by atoms with Crippen LogP contribution in [0, 0.1) is 0 Å². The van der Waals surface area contributed by atoms with Gasteiger partial charge in [0.1, 0.15) is 0 Å². The van der Waals surface area contributed by atoms with Crippen LogP contribution in [0.4, 0.5) is 13.2 Å². The number of amides is 1. The van der Waals surface area contributed by atoms with E-state index in [2.05, 4.69) is 0 Å². The minimum atomic E-state index is -4.93. The molecule has 146 valence electrons. The van der Waals surface area contributed by atoms with Crippen LogP contribution >= 0.6 is 0 Å². The van der Waals surface area contributed by atoms with Crippen molar-refractivity contribution in [2.45, 2.75) is 16.8 Å². The zero-order valence-electron chi connectivity index (χ0n) is 13.8. The third-order valence-corrected chi connectivity index (χ3v) is 5.57. The van der Waals surface area contributed by atoms with E-state index in [9.17, 15) is 34.8 Å². The topological polar surface area (TPSA) is 97.4 Å². The summed E-state index contributed by atoms with van der Waals surface area (Å²) in [5.74, 6) is -1.56. The van der Waals surface area contributed by atoms with E-state index >= 15 is 0 Å². The van der Waals surface area contributed by atoms with Gasteiger partial charge in [-0.1, -0.05) is 24.3 Å². The Hall–Kier alpha value is -2.40. The molecule has 2 aromatic carbocycles. The Morgan fingerprint density at radius 3 is 2.22 bits per heavy atom. The predicted molar refractivity (Wildman–Crippen MR) is 91.1 cm³/mol. The Labute approximate surface area is 154 Å². The first-order chi connectivity index (χ1) is 12.3. The fourth-order valence-electron chi connectivity index (χ4n) is 2.28. The van der Waals surface area contributed by atoms with Crippen molar-refractivity contribution in [3.63, 3.8) is 0 Å². The number of rotatable bonds is 5. The minimum Gasteiger partial charge on any atom is -0.268 e. The number of benzene rings is 2. The number of sulfone groups is 1. The van der Waals surface area contributed by atoms with Crippen LogP contribution in [0.1, 0.15) is 21.5 Å². The van der Waals surface area contributed by atoms with E-state index in [1.165, 1.54) is 18.2 Å². The van der Waals surface area contributed by atoms with Crippen LogP contribution in [0.2, 0.25) is 0 Å². The second-order valence-electron chi connectivity index (χ2n) is 5.70. The van der Waals surface area contributed by atoms with E-state index in [0.29, 0.717) is 6.07 Å². The molecular weight excluding hydrogens is 407 g/mol. The first-order valence-corrected chi connectivity index (χ1v) is 10.8. The van der Waals surface area contributed by atoms with Crippen molar-refractivity contribution >= 4 is 25.8 Å². The summed E-state index contributed by atoms with van der Waals surface area (Å²) in [6.45, 7) is 0. The first kappa shape index (κ1) is 20.9. The quantitative estimate of drug-likeness (QED) is 0.800. The lowest BCUT2D eigenvalue weighted by Gasteiger charge is -2.13. The lowest BCUT2D eigenvalue weighted by molar-refractivity contribution is -0.139. The van der Waals surface area contributed by atoms with Gasteiger partial charge in [0.2, 0.25) is 0 Å². The summed E-state index contributed by atoms with van der Waals surface area (Å²) in [6, 6.07) is 8.58. The van der Waals surface area contributed by atoms with Crippen LogP contribution in [-0.2, 0) is 31.8 Å². The minimum absolute atomic E-state index is 0.204. The van der Waals surface area contributed by atoms with Gasteiger partial charge in [-0.2, -0.15) is 13.2 Å². The Morgan fingerprint density at radius 1 is 1.00 bits per heavy atom. The zero-order chi connectivity index (χ0) is 20.5. The molecular formula is C16H14F3NO5S2.